The van der Waals surface area contributed by atoms with E-state index in [1.165, 1.54) is 0 Å². The molecule has 0 saturated carbocycles. The zero-order valence-corrected chi connectivity index (χ0v) is 10.5. The maximum Gasteiger partial charge on any atom is 0.137 e. The molecule has 0 aliphatic carbocycles. The standard InChI is InChI=1S/C12H13ClN4/c1-8-11(13)16-9(2)17-12(8)15-7-10-4-3-5-14-6-10/h3-6H,7H2,1-2H3,(H,15,16,17). The van der Waals surface area contributed by atoms with E-state index in [0.717, 1.165) is 16.9 Å². The van der Waals surface area contributed by atoms with Crippen molar-refractivity contribution in [2.45, 2.75) is 20.4 Å². The van der Waals surface area contributed by atoms with E-state index in [1.54, 1.807) is 6.20 Å². The van der Waals surface area contributed by atoms with Gasteiger partial charge in [-0.2, -0.15) is 0 Å². The molecule has 17 heavy (non-hydrogen) atoms. The lowest BCUT2D eigenvalue weighted by molar-refractivity contribution is 0.999. The van der Waals surface area contributed by atoms with Gasteiger partial charge in [0.2, 0.25) is 0 Å². The summed E-state index contributed by atoms with van der Waals surface area (Å²) < 4.78 is 0. The summed E-state index contributed by atoms with van der Waals surface area (Å²) in [7, 11) is 0. The third-order valence-electron chi connectivity index (χ3n) is 2.38. The first-order valence-electron chi connectivity index (χ1n) is 5.30. The van der Waals surface area contributed by atoms with Gasteiger partial charge < -0.3 is 5.32 Å². The van der Waals surface area contributed by atoms with Gasteiger partial charge >= 0.3 is 0 Å². The Bertz CT molecular complexity index is 513. The van der Waals surface area contributed by atoms with Crippen molar-refractivity contribution in [3.63, 3.8) is 0 Å². The number of aromatic nitrogens is 3. The molecule has 0 radical (unpaired) electrons. The molecule has 0 amide bonds. The minimum Gasteiger partial charge on any atom is -0.366 e. The maximum absolute atomic E-state index is 6.00. The number of rotatable bonds is 3. The monoisotopic (exact) mass is 248 g/mol. The molecule has 4 nitrogen and oxygen atoms in total. The van der Waals surface area contributed by atoms with Crippen molar-refractivity contribution in [2.75, 3.05) is 5.32 Å². The summed E-state index contributed by atoms with van der Waals surface area (Å²) in [5.74, 6) is 1.43. The first-order chi connectivity index (χ1) is 8.16. The van der Waals surface area contributed by atoms with Crippen LogP contribution in [0, 0.1) is 13.8 Å². The molecule has 0 atom stereocenters. The molecule has 0 spiro atoms. The first-order valence-corrected chi connectivity index (χ1v) is 5.68. The van der Waals surface area contributed by atoms with Gasteiger partial charge in [0.1, 0.15) is 16.8 Å². The van der Waals surface area contributed by atoms with Crippen molar-refractivity contribution >= 4 is 17.4 Å². The van der Waals surface area contributed by atoms with Gasteiger partial charge in [0, 0.05) is 24.5 Å². The Morgan fingerprint density at radius 2 is 2.12 bits per heavy atom. The summed E-state index contributed by atoms with van der Waals surface area (Å²) in [6, 6.07) is 3.91. The van der Waals surface area contributed by atoms with Crippen LogP contribution in [0.2, 0.25) is 5.15 Å². The fourth-order valence-electron chi connectivity index (χ4n) is 1.45. The minimum absolute atomic E-state index is 0.492. The zero-order valence-electron chi connectivity index (χ0n) is 9.74. The van der Waals surface area contributed by atoms with Crippen LogP contribution in [0.25, 0.3) is 0 Å². The van der Waals surface area contributed by atoms with E-state index >= 15 is 0 Å². The van der Waals surface area contributed by atoms with Crippen molar-refractivity contribution < 1.29 is 0 Å². The van der Waals surface area contributed by atoms with Crippen molar-refractivity contribution in [1.29, 1.82) is 0 Å². The highest BCUT2D eigenvalue weighted by molar-refractivity contribution is 6.30. The van der Waals surface area contributed by atoms with Gasteiger partial charge in [0.25, 0.3) is 0 Å². The largest absolute Gasteiger partial charge is 0.366 e. The molecule has 2 aromatic rings. The molecular formula is C12H13ClN4. The third kappa shape index (κ3) is 2.91. The molecule has 0 aromatic carbocycles. The van der Waals surface area contributed by atoms with E-state index in [-0.39, 0.29) is 0 Å². The number of halogens is 1. The van der Waals surface area contributed by atoms with Crippen molar-refractivity contribution in [2.24, 2.45) is 0 Å². The summed E-state index contributed by atoms with van der Waals surface area (Å²) in [6.45, 7) is 4.38. The maximum atomic E-state index is 6.00. The Morgan fingerprint density at radius 1 is 1.29 bits per heavy atom. The lowest BCUT2D eigenvalue weighted by Gasteiger charge is -2.09. The van der Waals surface area contributed by atoms with Crippen LogP contribution in [-0.4, -0.2) is 15.0 Å². The van der Waals surface area contributed by atoms with Gasteiger partial charge in [0.05, 0.1) is 0 Å². The van der Waals surface area contributed by atoms with Gasteiger partial charge in [-0.25, -0.2) is 9.97 Å². The predicted octanol–water partition coefficient (Wildman–Crippen LogP) is 2.75. The summed E-state index contributed by atoms with van der Waals surface area (Å²) in [5, 5.41) is 3.73. The molecule has 2 rings (SSSR count). The number of pyridine rings is 1. The van der Waals surface area contributed by atoms with Gasteiger partial charge in [-0.05, 0) is 25.5 Å². The number of nitrogens with one attached hydrogen (secondary N) is 1. The second-order valence-corrected chi connectivity index (χ2v) is 4.11. The predicted molar refractivity (Wildman–Crippen MR) is 68.1 cm³/mol. The van der Waals surface area contributed by atoms with Crippen LogP contribution in [0.5, 0.6) is 0 Å². The van der Waals surface area contributed by atoms with Gasteiger partial charge in [0.15, 0.2) is 0 Å². The van der Waals surface area contributed by atoms with Crippen LogP contribution in [0.3, 0.4) is 0 Å². The van der Waals surface area contributed by atoms with Crippen LogP contribution in [-0.2, 0) is 6.54 Å². The van der Waals surface area contributed by atoms with Crippen molar-refractivity contribution in [3.8, 4) is 0 Å². The van der Waals surface area contributed by atoms with E-state index in [9.17, 15) is 0 Å². The molecule has 0 bridgehead atoms. The smallest absolute Gasteiger partial charge is 0.137 e. The van der Waals surface area contributed by atoms with Crippen LogP contribution >= 0.6 is 11.6 Å². The average molecular weight is 249 g/mol. The van der Waals surface area contributed by atoms with Crippen LogP contribution in [0.1, 0.15) is 17.0 Å². The molecule has 2 heterocycles. The number of aryl methyl sites for hydroxylation is 1. The average Bonchev–Trinajstić information content (AvgIpc) is 2.33. The van der Waals surface area contributed by atoms with E-state index in [0.29, 0.717) is 17.5 Å². The summed E-state index contributed by atoms with van der Waals surface area (Å²) >= 11 is 6.00. The van der Waals surface area contributed by atoms with Gasteiger partial charge in [-0.3, -0.25) is 4.98 Å². The van der Waals surface area contributed by atoms with Crippen molar-refractivity contribution in [3.05, 3.63) is 46.6 Å². The van der Waals surface area contributed by atoms with Crippen LogP contribution < -0.4 is 5.32 Å². The lowest BCUT2D eigenvalue weighted by Crippen LogP contribution is -2.06. The van der Waals surface area contributed by atoms with Gasteiger partial charge in [-0.1, -0.05) is 17.7 Å². The normalized spacial score (nSPS) is 10.3. The number of anilines is 1. The number of hydrogen-bond acceptors (Lipinski definition) is 4. The Kier molecular flexibility index (Phi) is 3.54. The number of hydrogen-bond donors (Lipinski definition) is 1. The third-order valence-corrected chi connectivity index (χ3v) is 2.75. The highest BCUT2D eigenvalue weighted by Crippen LogP contribution is 2.19. The lowest BCUT2D eigenvalue weighted by atomic mass is 10.2. The van der Waals surface area contributed by atoms with E-state index in [4.69, 9.17) is 11.6 Å². The zero-order chi connectivity index (χ0) is 12.3. The van der Waals surface area contributed by atoms with Crippen LogP contribution in [0.15, 0.2) is 24.5 Å². The fraction of sp³-hybridized carbons (Fsp3) is 0.250. The first kappa shape index (κ1) is 11.8. The minimum atomic E-state index is 0.492. The summed E-state index contributed by atoms with van der Waals surface area (Å²) in [5.41, 5.74) is 1.96. The second-order valence-electron chi connectivity index (χ2n) is 3.75. The Hall–Kier alpha value is -1.68. The van der Waals surface area contributed by atoms with Crippen LogP contribution in [0.4, 0.5) is 5.82 Å². The van der Waals surface area contributed by atoms with E-state index in [1.807, 2.05) is 32.2 Å². The van der Waals surface area contributed by atoms with Gasteiger partial charge in [-0.15, -0.1) is 0 Å². The summed E-state index contributed by atoms with van der Waals surface area (Å²) in [6.07, 6.45) is 3.57. The Labute approximate surface area is 105 Å². The molecule has 0 aliphatic rings. The summed E-state index contributed by atoms with van der Waals surface area (Å²) in [4.78, 5) is 12.5. The quantitative estimate of drug-likeness (QED) is 0.849. The molecule has 0 saturated heterocycles. The van der Waals surface area contributed by atoms with E-state index < -0.39 is 0 Å². The molecule has 5 heteroatoms. The molecule has 88 valence electrons. The highest BCUT2D eigenvalue weighted by atomic mass is 35.5. The molecule has 0 unspecified atom stereocenters. The molecule has 1 N–H and O–H groups in total. The number of nitrogens with zero attached hydrogens (tertiary/aromatic N) is 3. The Balaban J connectivity index is 2.14. The van der Waals surface area contributed by atoms with Crippen molar-refractivity contribution in [1.82, 2.24) is 15.0 Å². The molecule has 0 aliphatic heterocycles. The molecule has 2 aromatic heterocycles. The molecule has 0 fully saturated rings. The van der Waals surface area contributed by atoms with E-state index in [2.05, 4.69) is 20.3 Å². The Morgan fingerprint density at radius 3 is 2.82 bits per heavy atom. The fourth-order valence-corrected chi connectivity index (χ4v) is 1.67. The SMILES string of the molecule is Cc1nc(Cl)c(C)c(NCc2cccnc2)n1. The highest BCUT2D eigenvalue weighted by Gasteiger charge is 2.06. The molecular weight excluding hydrogens is 236 g/mol. The topological polar surface area (TPSA) is 50.7 Å². The second kappa shape index (κ2) is 5.10.